The highest BCUT2D eigenvalue weighted by molar-refractivity contribution is 7.18. The molecule has 7 nitrogen and oxygen atoms in total. The van der Waals surface area contributed by atoms with Gasteiger partial charge < -0.3 is 20.1 Å². The van der Waals surface area contributed by atoms with Gasteiger partial charge in [-0.2, -0.15) is 0 Å². The number of thiophene rings is 1. The average molecular weight is 370 g/mol. The van der Waals surface area contributed by atoms with Gasteiger partial charge >= 0.3 is 11.9 Å². The first kappa shape index (κ1) is 21.1. The number of rotatable bonds is 9. The molecule has 0 radical (unpaired) electrons. The van der Waals surface area contributed by atoms with Gasteiger partial charge in [0.25, 0.3) is 0 Å². The first-order valence-electron chi connectivity index (χ1n) is 8.29. The number of anilines is 1. The van der Waals surface area contributed by atoms with E-state index in [-0.39, 0.29) is 36.1 Å². The summed E-state index contributed by atoms with van der Waals surface area (Å²) in [6.07, 6.45) is 0. The molecule has 0 saturated carbocycles. The van der Waals surface area contributed by atoms with Crippen LogP contribution in [0.25, 0.3) is 0 Å². The number of esters is 2. The van der Waals surface area contributed by atoms with Crippen LogP contribution in [0.4, 0.5) is 5.00 Å². The van der Waals surface area contributed by atoms with Crippen molar-refractivity contribution in [2.24, 2.45) is 5.92 Å². The van der Waals surface area contributed by atoms with E-state index in [9.17, 15) is 14.4 Å². The SMILES string of the molecule is CCOC(=O)c1sc(NC(=O)CNCC(C)C)c(C(=O)OCC)c1C. The van der Waals surface area contributed by atoms with Crippen molar-refractivity contribution in [2.75, 3.05) is 31.6 Å². The van der Waals surface area contributed by atoms with E-state index in [0.29, 0.717) is 23.0 Å². The van der Waals surface area contributed by atoms with Crippen molar-refractivity contribution >= 4 is 34.2 Å². The van der Waals surface area contributed by atoms with E-state index in [2.05, 4.69) is 10.6 Å². The Morgan fingerprint density at radius 1 is 1.08 bits per heavy atom. The summed E-state index contributed by atoms with van der Waals surface area (Å²) in [7, 11) is 0. The van der Waals surface area contributed by atoms with E-state index in [4.69, 9.17) is 9.47 Å². The molecule has 0 atom stereocenters. The minimum Gasteiger partial charge on any atom is -0.462 e. The quantitative estimate of drug-likeness (QED) is 0.649. The first-order chi connectivity index (χ1) is 11.8. The highest BCUT2D eigenvalue weighted by atomic mass is 32.1. The summed E-state index contributed by atoms with van der Waals surface area (Å²) in [6.45, 7) is 10.4. The van der Waals surface area contributed by atoms with Crippen molar-refractivity contribution in [3.63, 3.8) is 0 Å². The maximum atomic E-state index is 12.2. The molecule has 25 heavy (non-hydrogen) atoms. The lowest BCUT2D eigenvalue weighted by Crippen LogP contribution is -2.30. The zero-order chi connectivity index (χ0) is 19.0. The molecule has 0 fully saturated rings. The Balaban J connectivity index is 3.02. The fourth-order valence-corrected chi connectivity index (χ4v) is 3.19. The van der Waals surface area contributed by atoms with Crippen LogP contribution in [0, 0.1) is 12.8 Å². The van der Waals surface area contributed by atoms with Gasteiger partial charge in [0.1, 0.15) is 9.88 Å². The summed E-state index contributed by atoms with van der Waals surface area (Å²) in [5, 5.41) is 6.02. The number of hydrogen-bond acceptors (Lipinski definition) is 7. The Morgan fingerprint density at radius 3 is 2.24 bits per heavy atom. The van der Waals surface area contributed by atoms with E-state index in [0.717, 1.165) is 11.3 Å². The Kier molecular flexibility index (Phi) is 8.57. The highest BCUT2D eigenvalue weighted by Gasteiger charge is 2.27. The lowest BCUT2D eigenvalue weighted by atomic mass is 10.1. The van der Waals surface area contributed by atoms with Gasteiger partial charge in [-0.15, -0.1) is 11.3 Å². The van der Waals surface area contributed by atoms with Gasteiger partial charge in [0.2, 0.25) is 5.91 Å². The second-order valence-corrected chi connectivity index (χ2v) is 6.79. The van der Waals surface area contributed by atoms with Gasteiger partial charge in [0.05, 0.1) is 25.3 Å². The minimum absolute atomic E-state index is 0.117. The van der Waals surface area contributed by atoms with Crippen LogP contribution < -0.4 is 10.6 Å². The topological polar surface area (TPSA) is 93.7 Å². The van der Waals surface area contributed by atoms with E-state index in [1.165, 1.54) is 0 Å². The third kappa shape index (κ3) is 6.13. The van der Waals surface area contributed by atoms with E-state index >= 15 is 0 Å². The van der Waals surface area contributed by atoms with Crippen LogP contribution >= 0.6 is 11.3 Å². The summed E-state index contributed by atoms with van der Waals surface area (Å²) >= 11 is 1.02. The third-order valence-corrected chi connectivity index (χ3v) is 4.37. The van der Waals surface area contributed by atoms with Crippen LogP contribution in [0.2, 0.25) is 0 Å². The molecule has 1 rings (SSSR count). The van der Waals surface area contributed by atoms with Crippen LogP contribution in [0.3, 0.4) is 0 Å². The van der Waals surface area contributed by atoms with Gasteiger partial charge in [-0.3, -0.25) is 4.79 Å². The average Bonchev–Trinajstić information content (AvgIpc) is 2.83. The predicted octanol–water partition coefficient (Wildman–Crippen LogP) is 2.59. The molecule has 1 aromatic heterocycles. The Morgan fingerprint density at radius 2 is 1.68 bits per heavy atom. The van der Waals surface area contributed by atoms with Crippen molar-refractivity contribution in [3.05, 3.63) is 16.0 Å². The van der Waals surface area contributed by atoms with Crippen molar-refractivity contribution < 1.29 is 23.9 Å². The summed E-state index contributed by atoms with van der Waals surface area (Å²) in [5.41, 5.74) is 0.652. The highest BCUT2D eigenvalue weighted by Crippen LogP contribution is 2.34. The van der Waals surface area contributed by atoms with Gasteiger partial charge in [0, 0.05) is 0 Å². The summed E-state index contributed by atoms with van der Waals surface area (Å²) < 4.78 is 10.1. The van der Waals surface area contributed by atoms with Crippen LogP contribution in [0.1, 0.15) is 53.3 Å². The molecule has 2 N–H and O–H groups in total. The Labute approximate surface area is 152 Å². The molecular formula is C17H26N2O5S. The molecule has 8 heteroatoms. The van der Waals surface area contributed by atoms with Gasteiger partial charge in [-0.1, -0.05) is 13.8 Å². The zero-order valence-electron chi connectivity index (χ0n) is 15.4. The molecule has 0 spiro atoms. The lowest BCUT2D eigenvalue weighted by molar-refractivity contribution is -0.115. The van der Waals surface area contributed by atoms with Crippen LogP contribution in [0.15, 0.2) is 0 Å². The van der Waals surface area contributed by atoms with Crippen LogP contribution in [-0.2, 0) is 14.3 Å². The molecule has 140 valence electrons. The molecule has 0 unspecified atom stereocenters. The largest absolute Gasteiger partial charge is 0.462 e. The van der Waals surface area contributed by atoms with Crippen LogP contribution in [0.5, 0.6) is 0 Å². The molecule has 1 heterocycles. The van der Waals surface area contributed by atoms with E-state index < -0.39 is 11.9 Å². The fraction of sp³-hybridized carbons (Fsp3) is 0.588. The number of ether oxygens (including phenoxy) is 2. The lowest BCUT2D eigenvalue weighted by Gasteiger charge is -2.09. The predicted molar refractivity (Wildman–Crippen MR) is 97.3 cm³/mol. The maximum Gasteiger partial charge on any atom is 0.348 e. The first-order valence-corrected chi connectivity index (χ1v) is 9.11. The molecule has 0 saturated heterocycles. The van der Waals surface area contributed by atoms with Crippen LogP contribution in [-0.4, -0.2) is 44.1 Å². The molecule has 1 aromatic rings. The fourth-order valence-electron chi connectivity index (χ4n) is 2.09. The van der Waals surface area contributed by atoms with Crippen molar-refractivity contribution in [3.8, 4) is 0 Å². The number of carbonyl (C=O) groups excluding carboxylic acids is 3. The number of nitrogens with one attached hydrogen (secondary N) is 2. The molecular weight excluding hydrogens is 344 g/mol. The molecule has 0 aliphatic rings. The van der Waals surface area contributed by atoms with Crippen molar-refractivity contribution in [2.45, 2.75) is 34.6 Å². The number of amides is 1. The molecule has 0 bridgehead atoms. The number of hydrogen-bond donors (Lipinski definition) is 2. The second-order valence-electron chi connectivity index (χ2n) is 5.77. The standard InChI is InChI=1S/C17H26N2O5S/c1-6-23-16(21)13-11(5)14(17(22)24-7-2)25-15(13)19-12(20)9-18-8-10(3)4/h10,18H,6-9H2,1-5H3,(H,19,20). The number of carbonyl (C=O) groups is 3. The van der Waals surface area contributed by atoms with Crippen molar-refractivity contribution in [1.82, 2.24) is 5.32 Å². The van der Waals surface area contributed by atoms with E-state index in [1.807, 2.05) is 13.8 Å². The molecule has 0 aliphatic heterocycles. The van der Waals surface area contributed by atoms with E-state index in [1.54, 1.807) is 20.8 Å². The summed E-state index contributed by atoms with van der Waals surface area (Å²) in [4.78, 5) is 36.7. The smallest absolute Gasteiger partial charge is 0.348 e. The molecule has 0 aromatic carbocycles. The van der Waals surface area contributed by atoms with Gasteiger partial charge in [-0.25, -0.2) is 9.59 Å². The maximum absolute atomic E-state index is 12.2. The Hall–Kier alpha value is -1.93. The Bertz CT molecular complexity index is 625. The molecule has 1 amide bonds. The summed E-state index contributed by atoms with van der Waals surface area (Å²) in [6, 6.07) is 0. The molecule has 0 aliphatic carbocycles. The minimum atomic E-state index is -0.572. The third-order valence-electron chi connectivity index (χ3n) is 3.18. The van der Waals surface area contributed by atoms with Crippen molar-refractivity contribution in [1.29, 1.82) is 0 Å². The monoisotopic (exact) mass is 370 g/mol. The normalized spacial score (nSPS) is 10.6. The second kappa shape index (κ2) is 10.1. The summed E-state index contributed by atoms with van der Waals surface area (Å²) in [5.74, 6) is -0.962. The van der Waals surface area contributed by atoms with Gasteiger partial charge in [-0.05, 0) is 38.8 Å². The van der Waals surface area contributed by atoms with Gasteiger partial charge in [0.15, 0.2) is 0 Å². The zero-order valence-corrected chi connectivity index (χ0v) is 16.2.